The van der Waals surface area contributed by atoms with Crippen molar-refractivity contribution in [3.05, 3.63) is 157 Å². The predicted octanol–water partition coefficient (Wildman–Crippen LogP) is 15.5. The second-order valence-corrected chi connectivity index (χ2v) is 21.7. The minimum atomic E-state index is -2.01. The number of rotatable bonds is 5. The van der Waals surface area contributed by atoms with Gasteiger partial charge in [0.2, 0.25) is 0 Å². The van der Waals surface area contributed by atoms with Crippen molar-refractivity contribution in [2.45, 2.75) is 58.2 Å². The van der Waals surface area contributed by atoms with E-state index in [9.17, 15) is 0 Å². The normalized spacial score (nSPS) is 12.2. The molecule has 0 atom stereocenters. The van der Waals surface area contributed by atoms with Gasteiger partial charge >= 0.3 is 0 Å². The molecule has 0 unspecified atom stereocenters. The number of hydrogen-bond acceptors (Lipinski definition) is 0. The van der Waals surface area contributed by atoms with Crippen molar-refractivity contribution < 1.29 is 0 Å². The fraction of sp³-hybridized carbons (Fsp3) is 0.170. The molecule has 0 fully saturated rings. The smallest absolute Gasteiger partial charge is 0.125 e. The van der Waals surface area contributed by atoms with Crippen molar-refractivity contribution in [2.75, 3.05) is 0 Å². The molecule has 262 valence electrons. The molecule has 9 aromatic rings. The van der Waals surface area contributed by atoms with Crippen LogP contribution in [0.25, 0.3) is 86.9 Å². The van der Waals surface area contributed by atoms with Gasteiger partial charge in [-0.05, 0) is 134 Å². The maximum atomic E-state index is 4.13. The summed E-state index contributed by atoms with van der Waals surface area (Å²) in [7, 11) is -2.01. The van der Waals surface area contributed by atoms with Crippen LogP contribution in [0, 0.1) is 11.5 Å². The van der Waals surface area contributed by atoms with E-state index in [2.05, 4.69) is 205 Å². The lowest BCUT2D eigenvalue weighted by molar-refractivity contribution is 0.838. The highest BCUT2D eigenvalue weighted by molar-refractivity contribution is 6.90. The highest BCUT2D eigenvalue weighted by Gasteiger charge is 2.41. The first kappa shape index (κ1) is 34.1. The van der Waals surface area contributed by atoms with Crippen LogP contribution in [0.2, 0.25) is 16.6 Å². The molecule has 0 nitrogen and oxygen atoms in total. The number of hydrogen-bond donors (Lipinski definition) is 0. The van der Waals surface area contributed by atoms with Crippen LogP contribution in [-0.2, 0) is 0 Å². The molecule has 0 saturated carbocycles. The Kier molecular flexibility index (Phi) is 8.41. The average Bonchev–Trinajstić information content (AvgIpc) is 3.18. The van der Waals surface area contributed by atoms with Gasteiger partial charge in [0.1, 0.15) is 8.07 Å². The molecule has 0 N–H and O–H groups in total. The summed E-state index contributed by atoms with van der Waals surface area (Å²) in [5, 5.41) is 15.1. The molecular formula is C53H46Si. The zero-order valence-corrected chi connectivity index (χ0v) is 33.2. The molecule has 0 aliphatic carbocycles. The molecule has 54 heavy (non-hydrogen) atoms. The van der Waals surface area contributed by atoms with Gasteiger partial charge in [-0.1, -0.05) is 169 Å². The van der Waals surface area contributed by atoms with E-state index >= 15 is 0 Å². The van der Waals surface area contributed by atoms with Crippen molar-refractivity contribution in [1.29, 1.82) is 0 Å². The summed E-state index contributed by atoms with van der Waals surface area (Å²) in [5.74, 6) is 4.00. The minimum absolute atomic E-state index is 0.556. The maximum absolute atomic E-state index is 4.13. The van der Waals surface area contributed by atoms with Gasteiger partial charge in [-0.2, -0.15) is 0 Å². The van der Waals surface area contributed by atoms with Crippen LogP contribution >= 0.6 is 0 Å². The van der Waals surface area contributed by atoms with Gasteiger partial charge in [0.25, 0.3) is 0 Å². The lowest BCUT2D eigenvalue weighted by Crippen LogP contribution is -2.43. The lowest BCUT2D eigenvalue weighted by Gasteiger charge is -2.38. The fourth-order valence-corrected chi connectivity index (χ4v) is 15.0. The van der Waals surface area contributed by atoms with Gasteiger partial charge in [-0.15, -0.1) is 5.54 Å². The summed E-state index contributed by atoms with van der Waals surface area (Å²) in [4.78, 5) is 0. The Morgan fingerprint density at radius 1 is 0.352 bits per heavy atom. The standard InChI is InChI=1S/C53H46Si/c1-34(2)54(35(3)4,36(5)6)28-27-47-48-30-39-15-7-9-17-41(39)32-50(48)53(51-33-42-18-10-8-16-40(42)31-49(47)51)38-25-23-37(24-26-38)52-45-21-13-11-19-43(45)29-44-20-12-14-22-46(44)52/h7-26,29-36H,1-6H3. The van der Waals surface area contributed by atoms with Crippen molar-refractivity contribution in [3.63, 3.8) is 0 Å². The van der Waals surface area contributed by atoms with E-state index < -0.39 is 8.07 Å². The Bertz CT molecular complexity index is 2800. The first-order valence-corrected chi connectivity index (χ1v) is 21.8. The number of fused-ring (bicyclic) bond motifs is 6. The van der Waals surface area contributed by atoms with Crippen molar-refractivity contribution in [2.24, 2.45) is 0 Å². The Morgan fingerprint density at radius 2 is 0.685 bits per heavy atom. The average molecular weight is 711 g/mol. The molecule has 0 aromatic heterocycles. The first-order chi connectivity index (χ1) is 26.2. The van der Waals surface area contributed by atoms with Crippen LogP contribution in [0.15, 0.2) is 152 Å². The quantitative estimate of drug-likeness (QED) is 0.0948. The Hall–Kier alpha value is -5.68. The van der Waals surface area contributed by atoms with Crippen LogP contribution in [0.1, 0.15) is 47.1 Å². The van der Waals surface area contributed by atoms with Gasteiger partial charge in [0.05, 0.1) is 0 Å². The van der Waals surface area contributed by atoms with Gasteiger partial charge in [0.15, 0.2) is 0 Å². The molecule has 9 aromatic carbocycles. The Morgan fingerprint density at radius 3 is 1.07 bits per heavy atom. The van der Waals surface area contributed by atoms with E-state index in [0.29, 0.717) is 16.6 Å². The van der Waals surface area contributed by atoms with Crippen molar-refractivity contribution >= 4 is 72.7 Å². The maximum Gasteiger partial charge on any atom is 0.146 e. The van der Waals surface area contributed by atoms with Crippen LogP contribution in [0.5, 0.6) is 0 Å². The summed E-state index contributed by atoms with van der Waals surface area (Å²) in [5.41, 5.74) is 12.0. The van der Waals surface area contributed by atoms with E-state index in [1.807, 2.05) is 0 Å². The molecule has 9 rings (SSSR count). The van der Waals surface area contributed by atoms with Crippen LogP contribution in [0.4, 0.5) is 0 Å². The summed E-state index contributed by atoms with van der Waals surface area (Å²) in [6.07, 6.45) is 0. The zero-order valence-electron chi connectivity index (χ0n) is 32.2. The van der Waals surface area contributed by atoms with Gasteiger partial charge in [-0.3, -0.25) is 0 Å². The van der Waals surface area contributed by atoms with E-state index in [1.54, 1.807) is 0 Å². The topological polar surface area (TPSA) is 0 Å². The van der Waals surface area contributed by atoms with E-state index in [1.165, 1.54) is 86.9 Å². The SMILES string of the molecule is CC(C)[Si](C#Cc1c2cc3ccccc3cc2c(-c2ccc(-c3c4ccccc4cc4ccccc34)cc2)c2cc3ccccc3cc12)(C(C)C)C(C)C. The molecule has 0 aliphatic rings. The van der Waals surface area contributed by atoms with Gasteiger partial charge in [0, 0.05) is 5.56 Å². The highest BCUT2D eigenvalue weighted by Crippen LogP contribution is 2.45. The molecule has 0 radical (unpaired) electrons. The molecule has 0 aliphatic heterocycles. The van der Waals surface area contributed by atoms with Crippen molar-refractivity contribution in [1.82, 2.24) is 0 Å². The predicted molar refractivity (Wildman–Crippen MR) is 240 cm³/mol. The number of benzene rings is 9. The largest absolute Gasteiger partial charge is 0.146 e. The van der Waals surface area contributed by atoms with Crippen LogP contribution in [0.3, 0.4) is 0 Å². The fourth-order valence-electron chi connectivity index (χ4n) is 9.78. The molecule has 0 spiro atoms. The highest BCUT2D eigenvalue weighted by atomic mass is 28.3. The third-order valence-corrected chi connectivity index (χ3v) is 18.6. The van der Waals surface area contributed by atoms with E-state index in [4.69, 9.17) is 0 Å². The Balaban J connectivity index is 1.37. The molecule has 0 heterocycles. The van der Waals surface area contributed by atoms with Gasteiger partial charge in [-0.25, -0.2) is 0 Å². The monoisotopic (exact) mass is 710 g/mol. The summed E-state index contributed by atoms with van der Waals surface area (Å²) < 4.78 is 0. The van der Waals surface area contributed by atoms with E-state index in [-0.39, 0.29) is 0 Å². The van der Waals surface area contributed by atoms with Gasteiger partial charge < -0.3 is 0 Å². The third-order valence-electron chi connectivity index (χ3n) is 12.4. The molecule has 0 saturated heterocycles. The third kappa shape index (κ3) is 5.43. The first-order valence-electron chi connectivity index (χ1n) is 19.6. The molecule has 0 amide bonds. The second kappa shape index (κ2) is 13.3. The summed E-state index contributed by atoms with van der Waals surface area (Å²) in [6, 6.07) is 56.5. The molecule has 1 heteroatoms. The molecular weight excluding hydrogens is 665 g/mol. The minimum Gasteiger partial charge on any atom is -0.125 e. The second-order valence-electron chi connectivity index (χ2n) is 16.2. The van der Waals surface area contributed by atoms with E-state index in [0.717, 1.165) is 5.56 Å². The zero-order chi connectivity index (χ0) is 37.1. The molecule has 0 bridgehead atoms. The lowest BCUT2D eigenvalue weighted by atomic mass is 9.85. The summed E-state index contributed by atoms with van der Waals surface area (Å²) in [6.45, 7) is 14.5. The van der Waals surface area contributed by atoms with Crippen molar-refractivity contribution in [3.8, 4) is 33.7 Å². The van der Waals surface area contributed by atoms with Crippen LogP contribution in [-0.4, -0.2) is 8.07 Å². The summed E-state index contributed by atoms with van der Waals surface area (Å²) >= 11 is 0. The Labute approximate surface area is 320 Å². The van der Waals surface area contributed by atoms with Crippen LogP contribution < -0.4 is 0 Å².